The highest BCUT2D eigenvalue weighted by Gasteiger charge is 2.32. The summed E-state index contributed by atoms with van der Waals surface area (Å²) in [6.07, 6.45) is 9.83. The van der Waals surface area contributed by atoms with Gasteiger partial charge in [-0.3, -0.25) is 0 Å². The molecule has 0 unspecified atom stereocenters. The summed E-state index contributed by atoms with van der Waals surface area (Å²) in [6, 6.07) is 53.3. The first kappa shape index (κ1) is 44.2. The molecular weight excluding hydrogens is 889 g/mol. The zero-order valence-corrected chi connectivity index (χ0v) is 43.3. The molecule has 0 N–H and O–H groups in total. The van der Waals surface area contributed by atoms with Crippen molar-refractivity contribution in [3.8, 4) is 0 Å². The van der Waals surface area contributed by atoms with Gasteiger partial charge in [0, 0.05) is 43.7 Å². The van der Waals surface area contributed by atoms with Crippen LogP contribution in [0.2, 0.25) is 0 Å². The maximum Gasteiger partial charge on any atom is 0.159 e. The molecule has 0 aliphatic heterocycles. The van der Waals surface area contributed by atoms with Gasteiger partial charge >= 0.3 is 0 Å². The maximum atomic E-state index is 7.02. The molecule has 2 aliphatic rings. The van der Waals surface area contributed by atoms with Gasteiger partial charge in [-0.25, -0.2) is 0 Å². The minimum atomic E-state index is 0.464. The Morgan fingerprint density at radius 1 is 0.356 bits per heavy atom. The number of aryl methyl sites for hydroxylation is 5. The molecule has 10 aromatic carbocycles. The van der Waals surface area contributed by atoms with Crippen molar-refractivity contribution >= 4 is 110 Å². The van der Waals surface area contributed by atoms with E-state index < -0.39 is 0 Å². The lowest BCUT2D eigenvalue weighted by molar-refractivity contribution is 0.668. The third-order valence-corrected chi connectivity index (χ3v) is 17.8. The third-order valence-electron chi connectivity index (χ3n) is 17.8. The van der Waals surface area contributed by atoms with Gasteiger partial charge in [0.05, 0.1) is 22.7 Å². The Morgan fingerprint density at radius 3 is 1.27 bits per heavy atom. The van der Waals surface area contributed by atoms with E-state index in [2.05, 4.69) is 198 Å². The van der Waals surface area contributed by atoms with Gasteiger partial charge in [-0.1, -0.05) is 104 Å². The van der Waals surface area contributed by atoms with Crippen LogP contribution in [0.1, 0.15) is 113 Å². The smallest absolute Gasteiger partial charge is 0.159 e. The van der Waals surface area contributed by atoms with Crippen molar-refractivity contribution in [1.82, 2.24) is 0 Å². The highest BCUT2D eigenvalue weighted by molar-refractivity contribution is 6.30. The standard InChI is InChI=1S/C69H62N2O2/c1-39-26-31-65-59(32-39)54-22-15-24-61(69(54)73-65)71(49-35-42(4)45(7)43(5)36-49)63-38-58(47-18-10-11-19-47)52-27-29-55-62(37-57(46-16-8-9-17-46)51-28-30-56(63)67(52)66(51)55)70(48-33-40(2)44(6)41(3)34-48)60-23-14-21-53-50-20-12-13-25-64(50)72-68(53)60/h12-15,20-38,46-47H,8-11,16-19H2,1-7H3. The highest BCUT2D eigenvalue weighted by atomic mass is 16.3. The van der Waals surface area contributed by atoms with Crippen molar-refractivity contribution in [3.05, 3.63) is 190 Å². The summed E-state index contributed by atoms with van der Waals surface area (Å²) in [5.74, 6) is 0.929. The van der Waals surface area contributed by atoms with Crippen molar-refractivity contribution in [2.24, 2.45) is 0 Å². The Hall–Kier alpha value is -7.56. The normalized spacial score (nSPS) is 14.8. The van der Waals surface area contributed by atoms with E-state index in [1.165, 1.54) is 145 Å². The molecule has 73 heavy (non-hydrogen) atoms. The van der Waals surface area contributed by atoms with Crippen LogP contribution in [0.5, 0.6) is 0 Å². The molecule has 12 aromatic rings. The van der Waals surface area contributed by atoms with Gasteiger partial charge in [-0.05, 0) is 219 Å². The molecule has 2 saturated carbocycles. The molecule has 360 valence electrons. The molecule has 0 saturated heterocycles. The van der Waals surface area contributed by atoms with Gasteiger partial charge < -0.3 is 18.6 Å². The van der Waals surface area contributed by atoms with Crippen molar-refractivity contribution in [3.63, 3.8) is 0 Å². The highest BCUT2D eigenvalue weighted by Crippen LogP contribution is 2.55. The molecule has 4 nitrogen and oxygen atoms in total. The van der Waals surface area contributed by atoms with Crippen LogP contribution in [0.3, 0.4) is 0 Å². The molecule has 14 rings (SSSR count). The first-order valence-electron chi connectivity index (χ1n) is 27.0. The number of rotatable bonds is 8. The Morgan fingerprint density at radius 2 is 0.781 bits per heavy atom. The van der Waals surface area contributed by atoms with Crippen LogP contribution in [0.15, 0.2) is 148 Å². The van der Waals surface area contributed by atoms with E-state index in [1.807, 2.05) is 0 Å². The second kappa shape index (κ2) is 16.7. The molecule has 2 aliphatic carbocycles. The number of nitrogens with zero attached hydrogens (tertiary/aromatic N) is 2. The third kappa shape index (κ3) is 6.78. The lowest BCUT2D eigenvalue weighted by Crippen LogP contribution is -2.14. The number of furan rings is 2. The fraction of sp³-hybridized carbons (Fsp3) is 0.246. The summed E-state index contributed by atoms with van der Waals surface area (Å²) >= 11 is 0. The Balaban J connectivity index is 1.13. The van der Waals surface area contributed by atoms with Crippen LogP contribution >= 0.6 is 0 Å². The summed E-state index contributed by atoms with van der Waals surface area (Å²) in [5.41, 5.74) is 22.4. The van der Waals surface area contributed by atoms with E-state index >= 15 is 0 Å². The lowest BCUT2D eigenvalue weighted by Gasteiger charge is -2.32. The van der Waals surface area contributed by atoms with Gasteiger partial charge in [-0.2, -0.15) is 0 Å². The van der Waals surface area contributed by atoms with Crippen molar-refractivity contribution in [2.45, 2.75) is 112 Å². The van der Waals surface area contributed by atoms with Crippen LogP contribution < -0.4 is 9.80 Å². The van der Waals surface area contributed by atoms with E-state index in [0.717, 1.165) is 66.6 Å². The monoisotopic (exact) mass is 950 g/mol. The van der Waals surface area contributed by atoms with Crippen LogP contribution in [-0.2, 0) is 0 Å². The second-order valence-corrected chi connectivity index (χ2v) is 22.1. The summed E-state index contributed by atoms with van der Waals surface area (Å²) in [6.45, 7) is 15.7. The van der Waals surface area contributed by atoms with Crippen molar-refractivity contribution in [2.75, 3.05) is 9.80 Å². The number of hydrogen-bond acceptors (Lipinski definition) is 4. The summed E-state index contributed by atoms with van der Waals surface area (Å²) < 4.78 is 14.0. The average molecular weight is 951 g/mol. The minimum Gasteiger partial charge on any atom is -0.454 e. The first-order chi connectivity index (χ1) is 35.6. The van der Waals surface area contributed by atoms with E-state index in [1.54, 1.807) is 0 Å². The quantitative estimate of drug-likeness (QED) is 0.142. The molecule has 0 atom stereocenters. The topological polar surface area (TPSA) is 32.8 Å². The number of hydrogen-bond donors (Lipinski definition) is 0. The Bertz CT molecular complexity index is 4160. The molecule has 0 radical (unpaired) electrons. The SMILES string of the molecule is Cc1ccc2oc3c(N(c4cc(C)c(C)c(C)c4)c4cc(C5CCCC5)c5ccc6c(N(c7cc(C)c(C)c(C)c7)c7cccc8c7oc7ccccc78)cc(C7CCCC7)c7ccc4c5c76)cccc3c2c1. The van der Waals surface area contributed by atoms with E-state index in [4.69, 9.17) is 8.83 Å². The summed E-state index contributed by atoms with van der Waals surface area (Å²) in [4.78, 5) is 5.12. The van der Waals surface area contributed by atoms with Crippen LogP contribution in [0.25, 0.3) is 76.2 Å². The van der Waals surface area contributed by atoms with Crippen LogP contribution in [-0.4, -0.2) is 0 Å². The molecule has 0 amide bonds. The largest absolute Gasteiger partial charge is 0.454 e. The predicted octanol–water partition coefficient (Wildman–Crippen LogP) is 20.8. The second-order valence-electron chi connectivity index (χ2n) is 22.1. The molecule has 0 spiro atoms. The maximum absolute atomic E-state index is 7.02. The Kier molecular flexibility index (Phi) is 10.1. The molecule has 4 heteroatoms. The molecule has 0 bridgehead atoms. The predicted molar refractivity (Wildman–Crippen MR) is 310 cm³/mol. The van der Waals surface area contributed by atoms with Gasteiger partial charge in [0.2, 0.25) is 0 Å². The average Bonchev–Trinajstić information content (AvgIpc) is 4.25. The van der Waals surface area contributed by atoms with Gasteiger partial charge in [-0.15, -0.1) is 0 Å². The Labute approximate surface area is 428 Å². The van der Waals surface area contributed by atoms with Gasteiger partial charge in [0.25, 0.3) is 0 Å². The minimum absolute atomic E-state index is 0.464. The van der Waals surface area contributed by atoms with E-state index in [0.29, 0.717) is 11.8 Å². The van der Waals surface area contributed by atoms with Gasteiger partial charge in [0.15, 0.2) is 11.2 Å². The molecule has 2 fully saturated rings. The summed E-state index contributed by atoms with van der Waals surface area (Å²) in [5, 5.41) is 12.6. The van der Waals surface area contributed by atoms with E-state index in [-0.39, 0.29) is 0 Å². The number of fused-ring (bicyclic) bond motifs is 6. The summed E-state index contributed by atoms with van der Waals surface area (Å²) in [7, 11) is 0. The number of para-hydroxylation sites is 3. The zero-order valence-electron chi connectivity index (χ0n) is 43.3. The fourth-order valence-corrected chi connectivity index (χ4v) is 13.6. The first-order valence-corrected chi connectivity index (χ1v) is 27.0. The lowest BCUT2D eigenvalue weighted by atomic mass is 9.82. The van der Waals surface area contributed by atoms with Crippen molar-refractivity contribution < 1.29 is 8.83 Å². The number of benzene rings is 10. The van der Waals surface area contributed by atoms with Crippen molar-refractivity contribution in [1.29, 1.82) is 0 Å². The molecular formula is C69H62N2O2. The molecule has 2 aromatic heterocycles. The van der Waals surface area contributed by atoms with E-state index in [9.17, 15) is 0 Å². The number of anilines is 6. The van der Waals surface area contributed by atoms with Crippen LogP contribution in [0, 0.1) is 48.5 Å². The van der Waals surface area contributed by atoms with Gasteiger partial charge in [0.1, 0.15) is 11.2 Å². The van der Waals surface area contributed by atoms with Crippen LogP contribution in [0.4, 0.5) is 34.1 Å². The fourth-order valence-electron chi connectivity index (χ4n) is 13.6. The zero-order chi connectivity index (χ0) is 49.4. The molecule has 2 heterocycles.